The predicted molar refractivity (Wildman–Crippen MR) is 59.4 cm³/mol. The summed E-state index contributed by atoms with van der Waals surface area (Å²) in [6.07, 6.45) is 0.919. The van der Waals surface area contributed by atoms with E-state index in [1.165, 1.54) is 0 Å². The van der Waals surface area contributed by atoms with Gasteiger partial charge in [-0.15, -0.1) is 0 Å². The lowest BCUT2D eigenvalue weighted by atomic mass is 10.3. The fourth-order valence-corrected chi connectivity index (χ4v) is 2.45. The molecule has 3 N–H and O–H groups in total. The van der Waals surface area contributed by atoms with Gasteiger partial charge in [0.2, 0.25) is 0 Å². The molecule has 0 aromatic carbocycles. The number of aromatic carboxylic acids is 1. The zero-order valence-electron chi connectivity index (χ0n) is 9.36. The highest BCUT2D eigenvalue weighted by molar-refractivity contribution is 7.89. The molecule has 102 valence electrons. The zero-order chi connectivity index (χ0) is 14.0. The van der Waals surface area contributed by atoms with Gasteiger partial charge >= 0.3 is 5.97 Å². The summed E-state index contributed by atoms with van der Waals surface area (Å²) in [5, 5.41) is 8.29. The van der Waals surface area contributed by atoms with E-state index in [0.29, 0.717) is 0 Å². The van der Waals surface area contributed by atoms with Crippen LogP contribution in [0.15, 0.2) is 23.4 Å². The van der Waals surface area contributed by atoms with Crippen LogP contribution in [0.4, 0.5) is 0 Å². The van der Waals surface area contributed by atoms with E-state index in [9.17, 15) is 18.0 Å². The quantitative estimate of drug-likeness (QED) is 0.612. The molecule has 1 aliphatic rings. The standard InChI is InChI=1S/C9H9N3O6S/c13-8-6(4-18-11-8)12-19(16,17)7-2-1-5(3-10-7)9(14)15/h1-3,6,12H,4H2,(H,11,13)(H,14,15)/t6-/m1/s1. The molecule has 9 nitrogen and oxygen atoms in total. The van der Waals surface area contributed by atoms with Crippen LogP contribution in [0.25, 0.3) is 0 Å². The van der Waals surface area contributed by atoms with Crippen LogP contribution >= 0.6 is 0 Å². The topological polar surface area (TPSA) is 135 Å². The molecule has 2 rings (SSSR count). The van der Waals surface area contributed by atoms with Gasteiger partial charge in [0, 0.05) is 6.20 Å². The highest BCUT2D eigenvalue weighted by Crippen LogP contribution is 2.08. The lowest BCUT2D eigenvalue weighted by molar-refractivity contribution is -0.124. The first-order chi connectivity index (χ1) is 8.90. The molecule has 1 aromatic heterocycles. The van der Waals surface area contributed by atoms with Gasteiger partial charge in [0.25, 0.3) is 15.9 Å². The molecule has 0 aliphatic carbocycles. The van der Waals surface area contributed by atoms with E-state index in [-0.39, 0.29) is 17.2 Å². The van der Waals surface area contributed by atoms with Crippen molar-refractivity contribution in [1.29, 1.82) is 0 Å². The first-order valence-electron chi connectivity index (χ1n) is 5.03. The largest absolute Gasteiger partial charge is 0.478 e. The number of carbonyl (C=O) groups excluding carboxylic acids is 1. The maximum atomic E-state index is 11.9. The second-order valence-electron chi connectivity index (χ2n) is 3.64. The van der Waals surface area contributed by atoms with Gasteiger partial charge in [0.05, 0.1) is 5.56 Å². The van der Waals surface area contributed by atoms with Crippen molar-refractivity contribution >= 4 is 21.9 Å². The Kier molecular flexibility index (Phi) is 3.46. The van der Waals surface area contributed by atoms with Gasteiger partial charge in [-0.25, -0.2) is 23.7 Å². The summed E-state index contributed by atoms with van der Waals surface area (Å²) in [4.78, 5) is 29.9. The molecule has 0 unspecified atom stereocenters. The molecule has 1 atom stereocenters. The van der Waals surface area contributed by atoms with Crippen molar-refractivity contribution in [3.63, 3.8) is 0 Å². The second kappa shape index (κ2) is 4.91. The zero-order valence-corrected chi connectivity index (χ0v) is 10.2. The number of pyridine rings is 1. The van der Waals surface area contributed by atoms with E-state index in [4.69, 9.17) is 5.11 Å². The highest BCUT2D eigenvalue weighted by atomic mass is 32.2. The van der Waals surface area contributed by atoms with Crippen LogP contribution in [-0.4, -0.2) is 43.0 Å². The lowest BCUT2D eigenvalue weighted by Crippen LogP contribution is -2.41. The van der Waals surface area contributed by atoms with Crippen LogP contribution in [0, 0.1) is 0 Å². The number of sulfonamides is 1. The number of nitrogens with one attached hydrogen (secondary N) is 2. The number of aromatic nitrogens is 1. The van der Waals surface area contributed by atoms with Crippen molar-refractivity contribution in [3.8, 4) is 0 Å². The molecular formula is C9H9N3O6S. The molecule has 19 heavy (non-hydrogen) atoms. The first-order valence-corrected chi connectivity index (χ1v) is 6.52. The summed E-state index contributed by atoms with van der Waals surface area (Å²) in [6, 6.07) is 1.11. The van der Waals surface area contributed by atoms with E-state index in [1.54, 1.807) is 0 Å². The predicted octanol–water partition coefficient (Wildman–Crippen LogP) is -1.51. The van der Waals surface area contributed by atoms with Gasteiger partial charge in [-0.1, -0.05) is 0 Å². The Bertz CT molecular complexity index is 611. The van der Waals surface area contributed by atoms with Gasteiger partial charge in [-0.3, -0.25) is 9.63 Å². The van der Waals surface area contributed by atoms with E-state index < -0.39 is 27.9 Å². The van der Waals surface area contributed by atoms with E-state index in [2.05, 4.69) is 14.5 Å². The minimum Gasteiger partial charge on any atom is -0.478 e. The minimum absolute atomic E-state index is 0.134. The number of hydrogen-bond donors (Lipinski definition) is 3. The number of hydrogen-bond acceptors (Lipinski definition) is 6. The number of amides is 1. The van der Waals surface area contributed by atoms with Crippen LogP contribution in [0.3, 0.4) is 0 Å². The number of nitrogens with zero attached hydrogens (tertiary/aromatic N) is 1. The summed E-state index contributed by atoms with van der Waals surface area (Å²) >= 11 is 0. The van der Waals surface area contributed by atoms with Gasteiger partial charge in [-0.05, 0) is 12.1 Å². The Hall–Kier alpha value is -2.04. The Morgan fingerprint density at radius 2 is 2.26 bits per heavy atom. The molecule has 0 bridgehead atoms. The summed E-state index contributed by atoms with van der Waals surface area (Å²) < 4.78 is 25.8. The molecule has 1 aliphatic heterocycles. The highest BCUT2D eigenvalue weighted by Gasteiger charge is 2.31. The fraction of sp³-hybridized carbons (Fsp3) is 0.222. The third-order valence-electron chi connectivity index (χ3n) is 2.30. The van der Waals surface area contributed by atoms with E-state index in [1.807, 2.05) is 5.48 Å². The third kappa shape index (κ3) is 2.86. The van der Waals surface area contributed by atoms with Gasteiger partial charge in [0.1, 0.15) is 12.6 Å². The van der Waals surface area contributed by atoms with Crippen molar-refractivity contribution < 1.29 is 28.0 Å². The molecular weight excluding hydrogens is 278 g/mol. The first kappa shape index (κ1) is 13.4. The maximum absolute atomic E-state index is 11.9. The number of rotatable bonds is 4. The van der Waals surface area contributed by atoms with Crippen LogP contribution < -0.4 is 10.2 Å². The van der Waals surface area contributed by atoms with E-state index in [0.717, 1.165) is 18.3 Å². The minimum atomic E-state index is -4.01. The average molecular weight is 287 g/mol. The molecule has 1 amide bonds. The number of hydroxylamine groups is 1. The van der Waals surface area contributed by atoms with E-state index >= 15 is 0 Å². The Balaban J connectivity index is 2.19. The third-order valence-corrected chi connectivity index (χ3v) is 3.68. The second-order valence-corrected chi connectivity index (χ2v) is 5.30. The Morgan fingerprint density at radius 3 is 2.74 bits per heavy atom. The Labute approximate surface area is 107 Å². The number of carboxylic acid groups (broad SMARTS) is 1. The summed E-state index contributed by atoms with van der Waals surface area (Å²) in [5.41, 5.74) is 1.87. The van der Waals surface area contributed by atoms with Gasteiger partial charge < -0.3 is 5.11 Å². The van der Waals surface area contributed by atoms with Crippen molar-refractivity contribution in [3.05, 3.63) is 23.9 Å². The molecule has 2 heterocycles. The van der Waals surface area contributed by atoms with Crippen LogP contribution in [0.5, 0.6) is 0 Å². The molecule has 0 radical (unpaired) electrons. The summed E-state index contributed by atoms with van der Waals surface area (Å²) in [6.45, 7) is -0.134. The van der Waals surface area contributed by atoms with Gasteiger partial charge in [-0.2, -0.15) is 4.72 Å². The van der Waals surface area contributed by atoms with Crippen LogP contribution in [0.1, 0.15) is 10.4 Å². The maximum Gasteiger partial charge on any atom is 0.337 e. The fourth-order valence-electron chi connectivity index (χ4n) is 1.34. The normalized spacial score (nSPS) is 19.2. The van der Waals surface area contributed by atoms with Crippen molar-refractivity contribution in [1.82, 2.24) is 15.2 Å². The molecule has 0 spiro atoms. The molecule has 1 fully saturated rings. The number of carbonyl (C=O) groups is 2. The molecule has 10 heteroatoms. The summed E-state index contributed by atoms with van der Waals surface area (Å²) in [7, 11) is -4.01. The smallest absolute Gasteiger partial charge is 0.337 e. The van der Waals surface area contributed by atoms with Crippen molar-refractivity contribution in [2.45, 2.75) is 11.1 Å². The Morgan fingerprint density at radius 1 is 1.53 bits per heavy atom. The monoisotopic (exact) mass is 287 g/mol. The molecule has 1 aromatic rings. The van der Waals surface area contributed by atoms with Crippen molar-refractivity contribution in [2.75, 3.05) is 6.61 Å². The average Bonchev–Trinajstić information content (AvgIpc) is 2.74. The van der Waals surface area contributed by atoms with Crippen LogP contribution in [-0.2, 0) is 19.7 Å². The SMILES string of the molecule is O=C(O)c1ccc(S(=O)(=O)N[C@@H]2CONC2=O)nc1. The lowest BCUT2D eigenvalue weighted by Gasteiger charge is -2.08. The van der Waals surface area contributed by atoms with Gasteiger partial charge in [0.15, 0.2) is 5.03 Å². The number of carboxylic acids is 1. The molecule has 1 saturated heterocycles. The molecule has 0 saturated carbocycles. The van der Waals surface area contributed by atoms with Crippen molar-refractivity contribution in [2.24, 2.45) is 0 Å². The van der Waals surface area contributed by atoms with Crippen LogP contribution in [0.2, 0.25) is 0 Å². The summed E-state index contributed by atoms with van der Waals surface area (Å²) in [5.74, 6) is -1.82.